The number of carbonyl (C=O) groups is 2. The summed E-state index contributed by atoms with van der Waals surface area (Å²) in [5.41, 5.74) is 2.38. The molecule has 3 aromatic carbocycles. The van der Waals surface area contributed by atoms with Gasteiger partial charge in [0.1, 0.15) is 17.3 Å². The Kier molecular flexibility index (Phi) is 7.05. The number of carbonyl (C=O) groups excluding carboxylic acids is 2. The highest BCUT2D eigenvalue weighted by Gasteiger charge is 2.46. The average Bonchev–Trinajstić information content (AvgIpc) is 3.08. The highest BCUT2D eigenvalue weighted by molar-refractivity contribution is 6.46. The van der Waals surface area contributed by atoms with Crippen LogP contribution >= 0.6 is 23.2 Å². The van der Waals surface area contributed by atoms with Gasteiger partial charge in [0.15, 0.2) is 0 Å². The molecular formula is C27H23Cl2NO5. The molecule has 8 heteroatoms. The van der Waals surface area contributed by atoms with Crippen molar-refractivity contribution in [1.29, 1.82) is 0 Å². The SMILES string of the molecule is COc1ccccc1CN1C(=O)C(=O)/C(=C(/O)c2cc(Cl)cc(Cl)c2OC)C1c1cccc(C)c1. The van der Waals surface area contributed by atoms with Crippen molar-refractivity contribution >= 4 is 40.7 Å². The van der Waals surface area contributed by atoms with E-state index in [0.717, 1.165) is 11.1 Å². The van der Waals surface area contributed by atoms with Crippen LogP contribution < -0.4 is 9.47 Å². The predicted octanol–water partition coefficient (Wildman–Crippen LogP) is 5.94. The van der Waals surface area contributed by atoms with E-state index in [-0.39, 0.29) is 33.5 Å². The van der Waals surface area contributed by atoms with Crippen molar-refractivity contribution in [2.24, 2.45) is 0 Å². The Bertz CT molecular complexity index is 1350. The van der Waals surface area contributed by atoms with Gasteiger partial charge in [-0.2, -0.15) is 0 Å². The number of methoxy groups -OCH3 is 2. The zero-order valence-corrected chi connectivity index (χ0v) is 20.9. The summed E-state index contributed by atoms with van der Waals surface area (Å²) in [5, 5.41) is 11.8. The van der Waals surface area contributed by atoms with E-state index in [1.54, 1.807) is 13.2 Å². The minimum atomic E-state index is -0.859. The van der Waals surface area contributed by atoms with Crippen LogP contribution in [0.25, 0.3) is 5.76 Å². The Balaban J connectivity index is 1.95. The van der Waals surface area contributed by atoms with E-state index in [1.807, 2.05) is 49.4 Å². The van der Waals surface area contributed by atoms with E-state index in [2.05, 4.69) is 0 Å². The minimum Gasteiger partial charge on any atom is -0.507 e. The predicted molar refractivity (Wildman–Crippen MR) is 135 cm³/mol. The van der Waals surface area contributed by atoms with Gasteiger partial charge in [-0.25, -0.2) is 0 Å². The topological polar surface area (TPSA) is 76.1 Å². The zero-order chi connectivity index (χ0) is 25.3. The number of para-hydroxylation sites is 1. The Labute approximate surface area is 213 Å². The molecule has 35 heavy (non-hydrogen) atoms. The summed E-state index contributed by atoms with van der Waals surface area (Å²) in [6.45, 7) is 2.01. The quantitative estimate of drug-likeness (QED) is 0.251. The van der Waals surface area contributed by atoms with Crippen LogP contribution in [-0.2, 0) is 16.1 Å². The molecule has 0 aliphatic carbocycles. The van der Waals surface area contributed by atoms with Gasteiger partial charge in [0.05, 0.1) is 43.0 Å². The molecule has 1 saturated heterocycles. The number of hydrogen-bond acceptors (Lipinski definition) is 5. The van der Waals surface area contributed by atoms with Crippen LogP contribution in [0.15, 0.2) is 66.2 Å². The summed E-state index contributed by atoms with van der Waals surface area (Å²) in [6, 6.07) is 16.8. The molecule has 1 N–H and O–H groups in total. The molecule has 0 aromatic heterocycles. The number of likely N-dealkylation sites (tertiary alicyclic amines) is 1. The highest BCUT2D eigenvalue weighted by atomic mass is 35.5. The summed E-state index contributed by atoms with van der Waals surface area (Å²) in [4.78, 5) is 28.1. The third kappa shape index (κ3) is 4.59. The standard InChI is InChI=1S/C27H23Cl2NO5/c1-15-7-6-9-16(11-15)23-22(24(31)19-12-18(28)13-20(29)26(19)35-3)25(32)27(33)30(23)14-17-8-4-5-10-21(17)34-2/h4-13,23,31H,14H2,1-3H3/b24-22+. The van der Waals surface area contributed by atoms with Crippen molar-refractivity contribution < 1.29 is 24.2 Å². The van der Waals surface area contributed by atoms with Crippen LogP contribution in [0.1, 0.15) is 28.3 Å². The summed E-state index contributed by atoms with van der Waals surface area (Å²) in [5.74, 6) is -1.25. The number of nitrogens with zero attached hydrogens (tertiary/aromatic N) is 1. The van der Waals surface area contributed by atoms with Gasteiger partial charge in [0.25, 0.3) is 11.7 Å². The highest BCUT2D eigenvalue weighted by Crippen LogP contribution is 2.44. The molecule has 1 atom stereocenters. The molecule has 1 fully saturated rings. The molecule has 1 amide bonds. The molecule has 0 radical (unpaired) electrons. The van der Waals surface area contributed by atoms with Crippen molar-refractivity contribution in [2.75, 3.05) is 14.2 Å². The van der Waals surface area contributed by atoms with Crippen LogP contribution in [0.3, 0.4) is 0 Å². The molecule has 0 bridgehead atoms. The molecule has 1 aliphatic rings. The van der Waals surface area contributed by atoms with Crippen LogP contribution in [0.4, 0.5) is 0 Å². The number of hydrogen-bond donors (Lipinski definition) is 1. The van der Waals surface area contributed by atoms with E-state index < -0.39 is 23.5 Å². The number of ketones is 1. The third-order valence-corrected chi connectivity index (χ3v) is 6.40. The van der Waals surface area contributed by atoms with E-state index in [9.17, 15) is 14.7 Å². The third-order valence-electron chi connectivity index (χ3n) is 5.90. The molecule has 1 aliphatic heterocycles. The lowest BCUT2D eigenvalue weighted by atomic mass is 9.94. The number of halogens is 2. The van der Waals surface area contributed by atoms with Gasteiger partial charge in [-0.1, -0.05) is 71.2 Å². The summed E-state index contributed by atoms with van der Waals surface area (Å²) in [6.07, 6.45) is 0. The maximum atomic E-state index is 13.4. The van der Waals surface area contributed by atoms with E-state index in [1.165, 1.54) is 24.1 Å². The fourth-order valence-electron chi connectivity index (χ4n) is 4.34. The lowest BCUT2D eigenvalue weighted by molar-refractivity contribution is -0.140. The molecule has 1 heterocycles. The van der Waals surface area contributed by atoms with Gasteiger partial charge in [-0.3, -0.25) is 9.59 Å². The summed E-state index contributed by atoms with van der Waals surface area (Å²) >= 11 is 12.5. The first-order valence-corrected chi connectivity index (χ1v) is 11.5. The Morgan fingerprint density at radius 3 is 2.43 bits per heavy atom. The Morgan fingerprint density at radius 2 is 1.74 bits per heavy atom. The normalized spacial score (nSPS) is 17.1. The van der Waals surface area contributed by atoms with Gasteiger partial charge < -0.3 is 19.5 Å². The van der Waals surface area contributed by atoms with Gasteiger partial charge in [0, 0.05) is 10.6 Å². The van der Waals surface area contributed by atoms with Crippen molar-refractivity contribution in [3.63, 3.8) is 0 Å². The van der Waals surface area contributed by atoms with E-state index >= 15 is 0 Å². The van der Waals surface area contributed by atoms with Crippen LogP contribution in [0, 0.1) is 6.92 Å². The van der Waals surface area contributed by atoms with Crippen LogP contribution in [0.2, 0.25) is 10.0 Å². The van der Waals surface area contributed by atoms with Crippen molar-refractivity contribution in [2.45, 2.75) is 19.5 Å². The Hall–Kier alpha value is -3.48. The van der Waals surface area contributed by atoms with Gasteiger partial charge in [0.2, 0.25) is 0 Å². The second-order valence-electron chi connectivity index (χ2n) is 8.12. The maximum Gasteiger partial charge on any atom is 0.295 e. The van der Waals surface area contributed by atoms with E-state index in [0.29, 0.717) is 11.3 Å². The number of amides is 1. The molecule has 6 nitrogen and oxygen atoms in total. The zero-order valence-electron chi connectivity index (χ0n) is 19.3. The molecule has 0 saturated carbocycles. The monoisotopic (exact) mass is 511 g/mol. The average molecular weight is 512 g/mol. The molecular weight excluding hydrogens is 489 g/mol. The number of benzene rings is 3. The lowest BCUT2D eigenvalue weighted by Crippen LogP contribution is -2.29. The first kappa shape index (κ1) is 24.6. The molecule has 0 spiro atoms. The number of aliphatic hydroxyl groups is 1. The molecule has 3 aromatic rings. The van der Waals surface area contributed by atoms with Crippen molar-refractivity contribution in [3.8, 4) is 11.5 Å². The van der Waals surface area contributed by atoms with Crippen molar-refractivity contribution in [1.82, 2.24) is 4.90 Å². The fourth-order valence-corrected chi connectivity index (χ4v) is 4.91. The van der Waals surface area contributed by atoms with Crippen molar-refractivity contribution in [3.05, 3.63) is 98.5 Å². The molecule has 180 valence electrons. The molecule has 1 unspecified atom stereocenters. The van der Waals surface area contributed by atoms with Crippen LogP contribution in [0.5, 0.6) is 11.5 Å². The Morgan fingerprint density at radius 1 is 1.00 bits per heavy atom. The van der Waals surface area contributed by atoms with Gasteiger partial charge >= 0.3 is 0 Å². The number of aryl methyl sites for hydroxylation is 1. The fraction of sp³-hybridized carbons (Fsp3) is 0.185. The smallest absolute Gasteiger partial charge is 0.295 e. The largest absolute Gasteiger partial charge is 0.507 e. The first-order valence-electron chi connectivity index (χ1n) is 10.8. The first-order chi connectivity index (χ1) is 16.8. The second-order valence-corrected chi connectivity index (χ2v) is 8.97. The van der Waals surface area contributed by atoms with Gasteiger partial charge in [-0.15, -0.1) is 0 Å². The minimum absolute atomic E-state index is 0.0767. The lowest BCUT2D eigenvalue weighted by Gasteiger charge is -2.26. The van der Waals surface area contributed by atoms with Gasteiger partial charge in [-0.05, 0) is 30.7 Å². The number of Topliss-reactive ketones (excluding diaryl/α,β-unsaturated/α-hetero) is 1. The number of rotatable bonds is 6. The van der Waals surface area contributed by atoms with Crippen LogP contribution in [-0.4, -0.2) is 35.9 Å². The summed E-state index contributed by atoms with van der Waals surface area (Å²) < 4.78 is 10.8. The second kappa shape index (κ2) is 10.0. The summed E-state index contributed by atoms with van der Waals surface area (Å²) in [7, 11) is 2.93. The molecule has 4 rings (SSSR count). The number of aliphatic hydroxyl groups excluding tert-OH is 1. The maximum absolute atomic E-state index is 13.4. The van der Waals surface area contributed by atoms with E-state index in [4.69, 9.17) is 32.7 Å². The number of ether oxygens (including phenoxy) is 2.